The van der Waals surface area contributed by atoms with E-state index in [1.807, 2.05) is 0 Å². The molecule has 1 aliphatic heterocycles. The summed E-state index contributed by atoms with van der Waals surface area (Å²) in [6, 6.07) is 3.03. The monoisotopic (exact) mass is 408 g/mol. The van der Waals surface area contributed by atoms with Crippen LogP contribution in [-0.2, 0) is 4.79 Å². The Morgan fingerprint density at radius 3 is 2.62 bits per heavy atom. The SMILES string of the molecule is Cc1nc2c(c(N[C@H](C)c3cccc(C(F)F)c3F)n1)C=C(C(=O)O)C(NN)N2. The molecule has 1 aromatic heterocycles. The Kier molecular flexibility index (Phi) is 5.71. The summed E-state index contributed by atoms with van der Waals surface area (Å²) >= 11 is 0. The zero-order valence-corrected chi connectivity index (χ0v) is 15.5. The number of hydrogen-bond donors (Lipinski definition) is 5. The van der Waals surface area contributed by atoms with Gasteiger partial charge in [0.2, 0.25) is 0 Å². The van der Waals surface area contributed by atoms with Crippen molar-refractivity contribution < 1.29 is 23.1 Å². The summed E-state index contributed by atoms with van der Waals surface area (Å²) in [6.07, 6.45) is -2.47. The number of carbonyl (C=O) groups is 1. The van der Waals surface area contributed by atoms with E-state index in [2.05, 4.69) is 26.0 Å². The van der Waals surface area contributed by atoms with Crippen LogP contribution in [0.15, 0.2) is 23.8 Å². The lowest BCUT2D eigenvalue weighted by atomic mass is 10.0. The number of alkyl halides is 2. The molecule has 0 aliphatic carbocycles. The second kappa shape index (κ2) is 8.05. The summed E-state index contributed by atoms with van der Waals surface area (Å²) in [6.45, 7) is 3.21. The van der Waals surface area contributed by atoms with E-state index < -0.39 is 36.0 Å². The summed E-state index contributed by atoms with van der Waals surface area (Å²) in [5.74, 6) is 4.09. The Hall–Kier alpha value is -3.18. The number of hydrogen-bond acceptors (Lipinski definition) is 7. The lowest BCUT2D eigenvalue weighted by Gasteiger charge is -2.27. The minimum atomic E-state index is -2.94. The van der Waals surface area contributed by atoms with Crippen LogP contribution in [0.5, 0.6) is 0 Å². The molecule has 6 N–H and O–H groups in total. The van der Waals surface area contributed by atoms with E-state index in [0.29, 0.717) is 17.2 Å². The predicted molar refractivity (Wildman–Crippen MR) is 101 cm³/mol. The molecule has 0 amide bonds. The van der Waals surface area contributed by atoms with Crippen LogP contribution in [0, 0.1) is 12.7 Å². The van der Waals surface area contributed by atoms with Crippen LogP contribution in [0.4, 0.5) is 24.8 Å². The van der Waals surface area contributed by atoms with E-state index >= 15 is 0 Å². The van der Waals surface area contributed by atoms with Crippen molar-refractivity contribution in [1.29, 1.82) is 0 Å². The predicted octanol–water partition coefficient (Wildman–Crippen LogP) is 2.72. The largest absolute Gasteiger partial charge is 0.478 e. The molecule has 2 atom stereocenters. The van der Waals surface area contributed by atoms with Gasteiger partial charge in [0.05, 0.1) is 22.7 Å². The quantitative estimate of drug-likeness (QED) is 0.365. The van der Waals surface area contributed by atoms with Crippen molar-refractivity contribution in [2.24, 2.45) is 5.84 Å². The molecule has 2 aromatic rings. The summed E-state index contributed by atoms with van der Waals surface area (Å²) in [4.78, 5) is 20.0. The maximum absolute atomic E-state index is 14.5. The number of carboxylic acid groups (broad SMARTS) is 1. The van der Waals surface area contributed by atoms with Crippen molar-refractivity contribution in [3.05, 3.63) is 52.1 Å². The molecule has 1 aliphatic rings. The first-order valence-electron chi connectivity index (χ1n) is 8.62. The molecule has 0 fully saturated rings. The number of aliphatic carboxylic acids is 1. The Balaban J connectivity index is 2.02. The molecule has 0 saturated heterocycles. The molecule has 0 spiro atoms. The Morgan fingerprint density at radius 2 is 2.00 bits per heavy atom. The fraction of sp³-hybridized carbons (Fsp3) is 0.278. The van der Waals surface area contributed by atoms with Crippen molar-refractivity contribution in [1.82, 2.24) is 15.4 Å². The van der Waals surface area contributed by atoms with E-state index in [1.165, 1.54) is 18.2 Å². The molecular formula is C18H19F3N6O2. The number of rotatable bonds is 6. The molecule has 8 nitrogen and oxygen atoms in total. The van der Waals surface area contributed by atoms with E-state index in [-0.39, 0.29) is 17.0 Å². The van der Waals surface area contributed by atoms with Gasteiger partial charge in [-0.1, -0.05) is 18.2 Å². The molecule has 2 heterocycles. The summed E-state index contributed by atoms with van der Waals surface area (Å²) in [5, 5.41) is 15.2. The summed E-state index contributed by atoms with van der Waals surface area (Å²) in [7, 11) is 0. The average molecular weight is 408 g/mol. The molecular weight excluding hydrogens is 389 g/mol. The summed E-state index contributed by atoms with van der Waals surface area (Å²) in [5.41, 5.74) is 1.94. The number of aryl methyl sites for hydroxylation is 1. The van der Waals surface area contributed by atoms with Crippen LogP contribution in [0.3, 0.4) is 0 Å². The molecule has 3 rings (SSSR count). The topological polar surface area (TPSA) is 125 Å². The fourth-order valence-electron chi connectivity index (χ4n) is 3.06. The number of nitrogens with two attached hydrogens (primary N) is 1. The number of fused-ring (bicyclic) bond motifs is 1. The second-order valence-corrected chi connectivity index (χ2v) is 6.45. The van der Waals surface area contributed by atoms with Gasteiger partial charge in [0.15, 0.2) is 0 Å². The molecule has 0 radical (unpaired) electrons. The van der Waals surface area contributed by atoms with Crippen LogP contribution in [0.1, 0.15) is 41.9 Å². The first-order valence-corrected chi connectivity index (χ1v) is 8.62. The van der Waals surface area contributed by atoms with Crippen molar-refractivity contribution in [3.63, 3.8) is 0 Å². The highest BCUT2D eigenvalue weighted by atomic mass is 19.3. The number of anilines is 2. The number of hydrazine groups is 1. The van der Waals surface area contributed by atoms with Crippen LogP contribution in [0.2, 0.25) is 0 Å². The highest BCUT2D eigenvalue weighted by molar-refractivity contribution is 5.98. The first kappa shape index (κ1) is 20.6. The van der Waals surface area contributed by atoms with Gasteiger partial charge in [-0.15, -0.1) is 0 Å². The van der Waals surface area contributed by atoms with Crippen LogP contribution in [-0.4, -0.2) is 27.2 Å². The van der Waals surface area contributed by atoms with Crippen LogP contribution >= 0.6 is 0 Å². The molecule has 11 heteroatoms. The van der Waals surface area contributed by atoms with Crippen molar-refractivity contribution >= 4 is 23.7 Å². The highest BCUT2D eigenvalue weighted by Crippen LogP contribution is 2.33. The number of nitrogens with one attached hydrogen (secondary N) is 3. The number of carboxylic acids is 1. The van der Waals surface area contributed by atoms with E-state index in [9.17, 15) is 23.1 Å². The van der Waals surface area contributed by atoms with Gasteiger partial charge in [0.1, 0.15) is 29.4 Å². The third-order valence-electron chi connectivity index (χ3n) is 4.48. The average Bonchev–Trinajstić information content (AvgIpc) is 2.66. The third-order valence-corrected chi connectivity index (χ3v) is 4.48. The second-order valence-electron chi connectivity index (χ2n) is 6.45. The lowest BCUT2D eigenvalue weighted by molar-refractivity contribution is -0.132. The van der Waals surface area contributed by atoms with Crippen molar-refractivity contribution in [2.45, 2.75) is 32.5 Å². The van der Waals surface area contributed by atoms with Crippen LogP contribution in [0.25, 0.3) is 6.08 Å². The smallest absolute Gasteiger partial charge is 0.335 e. The highest BCUT2D eigenvalue weighted by Gasteiger charge is 2.28. The normalized spacial score (nSPS) is 16.7. The van der Waals surface area contributed by atoms with Gasteiger partial charge in [-0.05, 0) is 19.9 Å². The fourth-order valence-corrected chi connectivity index (χ4v) is 3.06. The Bertz CT molecular complexity index is 982. The first-order chi connectivity index (χ1) is 13.7. The molecule has 0 bridgehead atoms. The van der Waals surface area contributed by atoms with Crippen LogP contribution < -0.4 is 21.9 Å². The molecule has 1 aromatic carbocycles. The Morgan fingerprint density at radius 1 is 1.31 bits per heavy atom. The van der Waals surface area contributed by atoms with E-state index in [4.69, 9.17) is 5.84 Å². The van der Waals surface area contributed by atoms with Gasteiger partial charge < -0.3 is 15.7 Å². The number of nitrogens with zero attached hydrogens (tertiary/aromatic N) is 2. The zero-order chi connectivity index (χ0) is 21.3. The molecule has 154 valence electrons. The number of halogens is 3. The van der Waals surface area contributed by atoms with E-state index in [0.717, 1.165) is 6.07 Å². The number of benzene rings is 1. The van der Waals surface area contributed by atoms with Gasteiger partial charge in [-0.2, -0.15) is 0 Å². The maximum atomic E-state index is 14.5. The van der Waals surface area contributed by atoms with Gasteiger partial charge in [0, 0.05) is 5.56 Å². The lowest BCUT2D eigenvalue weighted by Crippen LogP contribution is -2.46. The number of aromatic nitrogens is 2. The standard InChI is InChI=1S/C18H19F3N6O2/c1-7(9-4-3-5-10(13(9)19)14(20)21)23-15-11-6-12(18(28)29)17(27-22)26-16(11)25-8(2)24-15/h3-7,14,17,27H,22H2,1-2H3,(H,28,29)(H2,23,24,25,26)/t7-,17?/m1/s1. The molecule has 29 heavy (non-hydrogen) atoms. The third kappa shape index (κ3) is 4.00. The maximum Gasteiger partial charge on any atom is 0.335 e. The molecule has 0 saturated carbocycles. The minimum absolute atomic E-state index is 0.0283. The van der Waals surface area contributed by atoms with E-state index in [1.54, 1.807) is 13.8 Å². The van der Waals surface area contributed by atoms with Crippen molar-refractivity contribution in [3.8, 4) is 0 Å². The van der Waals surface area contributed by atoms with Crippen molar-refractivity contribution in [2.75, 3.05) is 10.6 Å². The van der Waals surface area contributed by atoms with Gasteiger partial charge in [-0.3, -0.25) is 5.84 Å². The van der Waals surface area contributed by atoms with Gasteiger partial charge >= 0.3 is 5.97 Å². The zero-order valence-electron chi connectivity index (χ0n) is 15.5. The summed E-state index contributed by atoms with van der Waals surface area (Å²) < 4.78 is 40.5. The molecule has 1 unspecified atom stereocenters. The van der Waals surface area contributed by atoms with Gasteiger partial charge in [-0.25, -0.2) is 33.4 Å². The Labute approximate surface area is 164 Å². The van der Waals surface area contributed by atoms with Gasteiger partial charge in [0.25, 0.3) is 6.43 Å². The minimum Gasteiger partial charge on any atom is -0.478 e.